The third kappa shape index (κ3) is 3.51. The first kappa shape index (κ1) is 15.7. The second kappa shape index (κ2) is 7.38. The largest absolute Gasteiger partial charge is 0.376 e. The highest BCUT2D eigenvalue weighted by Gasteiger charge is 2.41. The zero-order valence-electron chi connectivity index (χ0n) is 12.9. The molecule has 4 atom stereocenters. The Morgan fingerprint density at radius 1 is 1.40 bits per heavy atom. The highest BCUT2D eigenvalue weighted by molar-refractivity contribution is 5.84. The van der Waals surface area contributed by atoms with Crippen molar-refractivity contribution in [3.63, 3.8) is 0 Å². The number of nitrogens with one attached hydrogen (secondary N) is 1. The van der Waals surface area contributed by atoms with Crippen molar-refractivity contribution in [1.29, 1.82) is 0 Å². The average molecular weight is 284 g/mol. The molecule has 116 valence electrons. The van der Waals surface area contributed by atoms with E-state index in [0.717, 1.165) is 19.3 Å². The number of hydrogen-bond acceptors (Lipinski definition) is 4. The number of ether oxygens (including phenoxy) is 2. The highest BCUT2D eigenvalue weighted by Crippen LogP contribution is 2.22. The third-order valence-electron chi connectivity index (χ3n) is 4.36. The molecule has 0 aliphatic carbocycles. The standard InChI is InChI=1S/C15H28N2O3/c1-4-6-13-16-14(11(3)5-2)15(18)17(13)9-12-10-19-7-8-20-12/h11-14,16H,4-10H2,1-3H3. The summed E-state index contributed by atoms with van der Waals surface area (Å²) in [4.78, 5) is 14.6. The van der Waals surface area contributed by atoms with E-state index < -0.39 is 0 Å². The minimum absolute atomic E-state index is 0.0181. The first-order chi connectivity index (χ1) is 9.67. The summed E-state index contributed by atoms with van der Waals surface area (Å²) in [5.74, 6) is 0.599. The predicted octanol–water partition coefficient (Wildman–Crippen LogP) is 1.37. The van der Waals surface area contributed by atoms with E-state index >= 15 is 0 Å². The molecule has 5 nitrogen and oxygen atoms in total. The molecule has 0 saturated carbocycles. The van der Waals surface area contributed by atoms with E-state index in [9.17, 15) is 4.79 Å². The fourth-order valence-corrected chi connectivity index (χ4v) is 2.94. The van der Waals surface area contributed by atoms with E-state index in [-0.39, 0.29) is 24.2 Å². The van der Waals surface area contributed by atoms with Gasteiger partial charge in [0.25, 0.3) is 0 Å². The van der Waals surface area contributed by atoms with Crippen molar-refractivity contribution in [2.24, 2.45) is 5.92 Å². The van der Waals surface area contributed by atoms with E-state index in [2.05, 4.69) is 26.1 Å². The molecule has 2 aliphatic heterocycles. The van der Waals surface area contributed by atoms with E-state index in [1.807, 2.05) is 4.90 Å². The topological polar surface area (TPSA) is 50.8 Å². The molecule has 2 saturated heterocycles. The molecule has 0 aromatic heterocycles. The van der Waals surface area contributed by atoms with Crippen LogP contribution < -0.4 is 5.32 Å². The van der Waals surface area contributed by atoms with Crippen molar-refractivity contribution in [2.45, 2.75) is 58.3 Å². The molecule has 20 heavy (non-hydrogen) atoms. The summed E-state index contributed by atoms with van der Waals surface area (Å²) < 4.78 is 11.1. The molecule has 1 N–H and O–H groups in total. The van der Waals surface area contributed by atoms with Gasteiger partial charge in [0.05, 0.1) is 44.7 Å². The monoisotopic (exact) mass is 284 g/mol. The van der Waals surface area contributed by atoms with Gasteiger partial charge in [0.2, 0.25) is 5.91 Å². The summed E-state index contributed by atoms with van der Waals surface area (Å²) in [5, 5.41) is 3.51. The van der Waals surface area contributed by atoms with Gasteiger partial charge in [-0.1, -0.05) is 33.6 Å². The van der Waals surface area contributed by atoms with Crippen LogP contribution in [-0.4, -0.2) is 55.5 Å². The van der Waals surface area contributed by atoms with Crippen LogP contribution in [0.5, 0.6) is 0 Å². The lowest BCUT2D eigenvalue weighted by molar-refractivity contribution is -0.137. The first-order valence-corrected chi connectivity index (χ1v) is 7.93. The van der Waals surface area contributed by atoms with Crippen LogP contribution in [0, 0.1) is 5.92 Å². The SMILES string of the molecule is CCCC1NC(C(C)CC)C(=O)N1CC1COCCO1. The molecule has 2 heterocycles. The van der Waals surface area contributed by atoms with Crippen LogP contribution in [-0.2, 0) is 14.3 Å². The van der Waals surface area contributed by atoms with Crippen LogP contribution in [0.4, 0.5) is 0 Å². The van der Waals surface area contributed by atoms with Gasteiger partial charge < -0.3 is 14.4 Å². The van der Waals surface area contributed by atoms with Gasteiger partial charge in [-0.15, -0.1) is 0 Å². The van der Waals surface area contributed by atoms with Gasteiger partial charge in [0, 0.05) is 0 Å². The minimum atomic E-state index is -0.0407. The molecular formula is C15H28N2O3. The van der Waals surface area contributed by atoms with Crippen molar-refractivity contribution in [3.05, 3.63) is 0 Å². The minimum Gasteiger partial charge on any atom is -0.376 e. The number of rotatable bonds is 6. The number of nitrogens with zero attached hydrogens (tertiary/aromatic N) is 1. The number of hydrogen-bond donors (Lipinski definition) is 1. The summed E-state index contributed by atoms with van der Waals surface area (Å²) in [6, 6.07) is -0.0407. The summed E-state index contributed by atoms with van der Waals surface area (Å²) >= 11 is 0. The van der Waals surface area contributed by atoms with Crippen molar-refractivity contribution in [3.8, 4) is 0 Å². The molecule has 0 radical (unpaired) electrons. The average Bonchev–Trinajstić information content (AvgIpc) is 2.77. The smallest absolute Gasteiger partial charge is 0.241 e. The van der Waals surface area contributed by atoms with Crippen LogP contribution in [0.15, 0.2) is 0 Å². The maximum atomic E-state index is 12.6. The normalized spacial score (nSPS) is 32.6. The molecular weight excluding hydrogens is 256 g/mol. The Kier molecular flexibility index (Phi) is 5.81. The van der Waals surface area contributed by atoms with Crippen molar-refractivity contribution >= 4 is 5.91 Å². The van der Waals surface area contributed by atoms with E-state index in [4.69, 9.17) is 9.47 Å². The van der Waals surface area contributed by atoms with Crippen LogP contribution in [0.2, 0.25) is 0 Å². The number of carbonyl (C=O) groups is 1. The van der Waals surface area contributed by atoms with Crippen molar-refractivity contribution < 1.29 is 14.3 Å². The molecule has 4 unspecified atom stereocenters. The molecule has 2 fully saturated rings. The molecule has 0 aromatic rings. The summed E-state index contributed by atoms with van der Waals surface area (Å²) in [6.07, 6.45) is 3.24. The van der Waals surface area contributed by atoms with E-state index in [0.29, 0.717) is 32.3 Å². The Bertz CT molecular complexity index is 318. The zero-order chi connectivity index (χ0) is 14.5. The highest BCUT2D eigenvalue weighted by atomic mass is 16.6. The van der Waals surface area contributed by atoms with E-state index in [1.165, 1.54) is 0 Å². The zero-order valence-corrected chi connectivity index (χ0v) is 12.9. The Morgan fingerprint density at radius 2 is 2.20 bits per heavy atom. The molecule has 2 aliphatic rings. The van der Waals surface area contributed by atoms with Crippen LogP contribution >= 0.6 is 0 Å². The van der Waals surface area contributed by atoms with Crippen LogP contribution in [0.25, 0.3) is 0 Å². The predicted molar refractivity (Wildman–Crippen MR) is 77.3 cm³/mol. The quantitative estimate of drug-likeness (QED) is 0.800. The lowest BCUT2D eigenvalue weighted by Gasteiger charge is -2.30. The Labute approximate surface area is 122 Å². The second-order valence-electron chi connectivity index (χ2n) is 5.89. The lowest BCUT2D eigenvalue weighted by atomic mass is 9.99. The molecule has 0 spiro atoms. The maximum absolute atomic E-state index is 12.6. The number of carbonyl (C=O) groups excluding carboxylic acids is 1. The molecule has 5 heteroatoms. The van der Waals surface area contributed by atoms with Gasteiger partial charge in [-0.2, -0.15) is 0 Å². The van der Waals surface area contributed by atoms with Gasteiger partial charge in [0.15, 0.2) is 0 Å². The molecule has 0 aromatic carbocycles. The summed E-state index contributed by atoms with van der Waals surface area (Å²) in [6.45, 7) is 8.96. The fourth-order valence-electron chi connectivity index (χ4n) is 2.94. The molecule has 1 amide bonds. The summed E-state index contributed by atoms with van der Waals surface area (Å²) in [5.41, 5.74) is 0. The van der Waals surface area contributed by atoms with Crippen molar-refractivity contribution in [1.82, 2.24) is 10.2 Å². The maximum Gasteiger partial charge on any atom is 0.241 e. The van der Waals surface area contributed by atoms with Gasteiger partial charge in [-0.05, 0) is 12.3 Å². The van der Waals surface area contributed by atoms with E-state index in [1.54, 1.807) is 0 Å². The second-order valence-corrected chi connectivity index (χ2v) is 5.89. The third-order valence-corrected chi connectivity index (χ3v) is 4.36. The Morgan fingerprint density at radius 3 is 2.80 bits per heavy atom. The van der Waals surface area contributed by atoms with Gasteiger partial charge in [-0.25, -0.2) is 0 Å². The fraction of sp³-hybridized carbons (Fsp3) is 0.933. The first-order valence-electron chi connectivity index (χ1n) is 7.93. The van der Waals surface area contributed by atoms with Gasteiger partial charge in [-0.3, -0.25) is 10.1 Å². The summed E-state index contributed by atoms with van der Waals surface area (Å²) in [7, 11) is 0. The van der Waals surface area contributed by atoms with Gasteiger partial charge in [0.1, 0.15) is 0 Å². The molecule has 2 rings (SSSR count). The Hall–Kier alpha value is -0.650. The van der Waals surface area contributed by atoms with Gasteiger partial charge >= 0.3 is 0 Å². The van der Waals surface area contributed by atoms with Crippen LogP contribution in [0.3, 0.4) is 0 Å². The molecule has 0 bridgehead atoms. The lowest BCUT2D eigenvalue weighted by Crippen LogP contribution is -2.45. The Balaban J connectivity index is 2.00. The van der Waals surface area contributed by atoms with Crippen molar-refractivity contribution in [2.75, 3.05) is 26.4 Å². The number of amides is 1. The van der Waals surface area contributed by atoms with Crippen LogP contribution in [0.1, 0.15) is 40.0 Å².